The molecule has 2 aliphatic heterocycles. The summed E-state index contributed by atoms with van der Waals surface area (Å²) in [5.74, 6) is 0.534. The van der Waals surface area contributed by atoms with Gasteiger partial charge in [0.1, 0.15) is 17.7 Å². The number of piperidine rings is 1. The second-order valence-corrected chi connectivity index (χ2v) is 11.1. The van der Waals surface area contributed by atoms with Crippen LogP contribution in [-0.2, 0) is 26.1 Å². The highest BCUT2D eigenvalue weighted by atomic mass is 16.6. The minimum absolute atomic E-state index is 0.0531. The Bertz CT molecular complexity index is 943. The molecule has 0 aromatic heterocycles. The molecule has 32 heavy (non-hydrogen) atoms. The average molecular weight is 445 g/mol. The van der Waals surface area contributed by atoms with Gasteiger partial charge >= 0.3 is 5.97 Å². The summed E-state index contributed by atoms with van der Waals surface area (Å²) < 4.78 is 18.7. The number of likely N-dealkylation sites (tertiary alicyclic amines) is 1. The minimum Gasteiger partial charge on any atom is -0.504 e. The number of nitrogens with one attached hydrogen (secondary N) is 1. The van der Waals surface area contributed by atoms with Crippen LogP contribution in [0.4, 0.5) is 0 Å². The molecule has 4 aliphatic rings. The van der Waals surface area contributed by atoms with Gasteiger partial charge in [-0.25, -0.2) is 0 Å². The van der Waals surface area contributed by atoms with Gasteiger partial charge in [0.05, 0.1) is 11.0 Å². The number of phenolic OH excluding ortho intramolecular Hbond substituents is 1. The standard InChI is InChI=1S/C25H36N2O5/c1-14(22(29)32-23(2,3)4)26-16-9-10-25(30-6)18-13-15-7-8-17(28)20-19(15)24(25,21(16)31-20)11-12-27(18)5/h7-8,14,16,18,21,26,28H,9-13H2,1-6H3/t14-,16-,18?,21-,24-,25+/m0/s1. The molecule has 2 heterocycles. The largest absolute Gasteiger partial charge is 0.504 e. The van der Waals surface area contributed by atoms with Crippen molar-refractivity contribution in [2.75, 3.05) is 20.7 Å². The third kappa shape index (κ3) is 2.80. The quantitative estimate of drug-likeness (QED) is 0.691. The Morgan fingerprint density at radius 2 is 2.09 bits per heavy atom. The molecule has 2 bridgehead atoms. The lowest BCUT2D eigenvalue weighted by Gasteiger charge is -2.65. The number of phenols is 1. The Kier molecular flexibility index (Phi) is 4.87. The molecule has 1 unspecified atom stereocenters. The Labute approximate surface area is 190 Å². The average Bonchev–Trinajstić information content (AvgIpc) is 3.08. The molecule has 1 aromatic rings. The van der Waals surface area contributed by atoms with Crippen LogP contribution >= 0.6 is 0 Å². The van der Waals surface area contributed by atoms with Crippen LogP contribution in [0.3, 0.4) is 0 Å². The summed E-state index contributed by atoms with van der Waals surface area (Å²) in [4.78, 5) is 15.1. The second-order valence-electron chi connectivity index (χ2n) is 11.1. The van der Waals surface area contributed by atoms with Gasteiger partial charge in [-0.1, -0.05) is 6.07 Å². The number of methoxy groups -OCH3 is 1. The van der Waals surface area contributed by atoms with Gasteiger partial charge in [-0.15, -0.1) is 0 Å². The van der Waals surface area contributed by atoms with Crippen LogP contribution in [0.2, 0.25) is 0 Å². The first-order valence-corrected chi connectivity index (χ1v) is 11.8. The third-order valence-corrected chi connectivity index (χ3v) is 8.28. The van der Waals surface area contributed by atoms with Crippen molar-refractivity contribution in [1.29, 1.82) is 0 Å². The van der Waals surface area contributed by atoms with Crippen molar-refractivity contribution in [1.82, 2.24) is 10.2 Å². The predicted octanol–water partition coefficient (Wildman–Crippen LogP) is 2.52. The van der Waals surface area contributed by atoms with E-state index in [1.54, 1.807) is 6.07 Å². The summed E-state index contributed by atoms with van der Waals surface area (Å²) in [7, 11) is 4.01. The number of carbonyl (C=O) groups is 1. The Hall–Kier alpha value is -1.83. The molecule has 7 nitrogen and oxygen atoms in total. The van der Waals surface area contributed by atoms with E-state index in [9.17, 15) is 9.90 Å². The molecule has 6 atom stereocenters. The van der Waals surface area contributed by atoms with Crippen LogP contribution in [-0.4, -0.2) is 72.1 Å². The van der Waals surface area contributed by atoms with Gasteiger partial charge in [-0.05, 0) is 78.6 Å². The van der Waals surface area contributed by atoms with Crippen LogP contribution < -0.4 is 10.1 Å². The zero-order chi connectivity index (χ0) is 23.1. The van der Waals surface area contributed by atoms with Crippen molar-refractivity contribution in [3.8, 4) is 11.5 Å². The van der Waals surface area contributed by atoms with E-state index >= 15 is 0 Å². The molecule has 0 radical (unpaired) electrons. The van der Waals surface area contributed by atoms with Gasteiger partial charge in [0, 0.05) is 24.8 Å². The third-order valence-electron chi connectivity index (χ3n) is 8.28. The summed E-state index contributed by atoms with van der Waals surface area (Å²) >= 11 is 0. The summed E-state index contributed by atoms with van der Waals surface area (Å²) in [5.41, 5.74) is 1.10. The van der Waals surface area contributed by atoms with Crippen LogP contribution in [0, 0.1) is 0 Å². The lowest BCUT2D eigenvalue weighted by atomic mass is 9.48. The molecule has 2 fully saturated rings. The maximum Gasteiger partial charge on any atom is 0.323 e. The van der Waals surface area contributed by atoms with Gasteiger partial charge in [0.15, 0.2) is 11.5 Å². The molecule has 5 rings (SSSR count). The molecule has 7 heteroatoms. The lowest BCUT2D eigenvalue weighted by Crippen LogP contribution is -2.78. The van der Waals surface area contributed by atoms with E-state index in [1.165, 1.54) is 5.56 Å². The maximum atomic E-state index is 12.7. The fourth-order valence-electron chi connectivity index (χ4n) is 7.09. The first kappa shape index (κ1) is 22.0. The molecular weight excluding hydrogens is 408 g/mol. The van der Waals surface area contributed by atoms with E-state index in [4.69, 9.17) is 14.2 Å². The fraction of sp³-hybridized carbons (Fsp3) is 0.720. The SMILES string of the molecule is CO[C@@]12CC[C@H](N[C@@H](C)C(=O)OC(C)(C)C)[C@@H]3Oc4c(O)ccc5c4[C@@]31CCN(C)C2C5. The second kappa shape index (κ2) is 7.08. The van der Waals surface area contributed by atoms with Crippen LogP contribution in [0.1, 0.15) is 58.1 Å². The van der Waals surface area contributed by atoms with Gasteiger partial charge < -0.3 is 24.2 Å². The normalized spacial score (nSPS) is 36.2. The molecule has 176 valence electrons. The van der Waals surface area contributed by atoms with E-state index in [-0.39, 0.29) is 40.9 Å². The van der Waals surface area contributed by atoms with E-state index in [0.29, 0.717) is 5.75 Å². The molecule has 1 aromatic carbocycles. The summed E-state index contributed by atoms with van der Waals surface area (Å²) in [6.07, 6.45) is 3.24. The Morgan fingerprint density at radius 3 is 2.78 bits per heavy atom. The lowest BCUT2D eigenvalue weighted by molar-refractivity contribution is -0.204. The zero-order valence-electron chi connectivity index (χ0n) is 20.0. The number of hydrogen-bond donors (Lipinski definition) is 2. The van der Waals surface area contributed by atoms with E-state index in [1.807, 2.05) is 40.9 Å². The summed E-state index contributed by atoms with van der Waals surface area (Å²) in [5, 5.41) is 14.3. The maximum absolute atomic E-state index is 12.7. The Balaban J connectivity index is 1.56. The first-order valence-electron chi connectivity index (χ1n) is 11.8. The van der Waals surface area contributed by atoms with E-state index in [2.05, 4.69) is 17.3 Å². The van der Waals surface area contributed by atoms with E-state index in [0.717, 1.165) is 37.8 Å². The first-order chi connectivity index (χ1) is 15.0. The van der Waals surface area contributed by atoms with Crippen molar-refractivity contribution < 1.29 is 24.1 Å². The summed E-state index contributed by atoms with van der Waals surface area (Å²) in [6.45, 7) is 8.44. The van der Waals surface area contributed by atoms with Gasteiger partial charge in [0.2, 0.25) is 0 Å². The van der Waals surface area contributed by atoms with Crippen molar-refractivity contribution >= 4 is 5.97 Å². The van der Waals surface area contributed by atoms with Crippen molar-refractivity contribution in [2.45, 2.75) is 94.2 Å². The monoisotopic (exact) mass is 444 g/mol. The Morgan fingerprint density at radius 1 is 1.34 bits per heavy atom. The molecule has 1 saturated carbocycles. The highest BCUT2D eigenvalue weighted by Crippen LogP contribution is 2.66. The molecule has 1 saturated heterocycles. The molecule has 0 amide bonds. The van der Waals surface area contributed by atoms with Crippen LogP contribution in [0.15, 0.2) is 12.1 Å². The summed E-state index contributed by atoms with van der Waals surface area (Å²) in [6, 6.07) is 3.54. The van der Waals surface area contributed by atoms with Gasteiger partial charge in [-0.2, -0.15) is 0 Å². The number of ether oxygens (including phenoxy) is 3. The molecular formula is C25H36N2O5. The van der Waals surface area contributed by atoms with Crippen molar-refractivity contribution in [3.63, 3.8) is 0 Å². The number of esters is 1. The number of benzene rings is 1. The number of hydrogen-bond acceptors (Lipinski definition) is 7. The van der Waals surface area contributed by atoms with Crippen molar-refractivity contribution in [3.05, 3.63) is 23.3 Å². The highest BCUT2D eigenvalue weighted by Gasteiger charge is 2.73. The molecule has 1 spiro atoms. The van der Waals surface area contributed by atoms with Crippen LogP contribution in [0.25, 0.3) is 0 Å². The number of rotatable bonds is 4. The zero-order valence-corrected chi connectivity index (χ0v) is 20.0. The highest BCUT2D eigenvalue weighted by molar-refractivity contribution is 5.75. The number of carbonyl (C=O) groups excluding carboxylic acids is 1. The number of aromatic hydroxyl groups is 1. The molecule has 2 aliphatic carbocycles. The number of likely N-dealkylation sites (N-methyl/N-ethyl adjacent to an activating group) is 1. The molecule has 2 N–H and O–H groups in total. The van der Waals surface area contributed by atoms with Crippen LogP contribution in [0.5, 0.6) is 11.5 Å². The fourth-order valence-corrected chi connectivity index (χ4v) is 7.09. The number of nitrogens with zero attached hydrogens (tertiary/aromatic N) is 1. The predicted molar refractivity (Wildman–Crippen MR) is 120 cm³/mol. The topological polar surface area (TPSA) is 80.3 Å². The van der Waals surface area contributed by atoms with Crippen molar-refractivity contribution in [2.24, 2.45) is 0 Å². The van der Waals surface area contributed by atoms with Gasteiger partial charge in [-0.3, -0.25) is 10.1 Å². The van der Waals surface area contributed by atoms with Gasteiger partial charge in [0.25, 0.3) is 0 Å². The smallest absolute Gasteiger partial charge is 0.323 e. The van der Waals surface area contributed by atoms with E-state index < -0.39 is 11.6 Å². The minimum atomic E-state index is -0.533.